The number of nitrogens with zero attached hydrogens (tertiary/aromatic N) is 1. The minimum absolute atomic E-state index is 0.131. The number of halogens is 1. The second kappa shape index (κ2) is 8.28. The number of ketones is 1. The highest BCUT2D eigenvalue weighted by Crippen LogP contribution is 2.41. The van der Waals surface area contributed by atoms with Crippen molar-refractivity contribution in [3.63, 3.8) is 0 Å². The normalized spacial score (nSPS) is 23.2. The van der Waals surface area contributed by atoms with Crippen molar-refractivity contribution in [3.05, 3.63) is 71.0 Å². The van der Waals surface area contributed by atoms with Crippen LogP contribution < -0.4 is 4.74 Å². The monoisotopic (exact) mass is 411 g/mol. The number of benzene rings is 2. The molecule has 0 unspecified atom stereocenters. The van der Waals surface area contributed by atoms with Crippen molar-refractivity contribution in [2.24, 2.45) is 0 Å². The molecule has 0 aliphatic carbocycles. The number of hydrogen-bond acceptors (Lipinski definition) is 5. The third-order valence-electron chi connectivity index (χ3n) is 5.53. The van der Waals surface area contributed by atoms with Crippen LogP contribution >= 0.6 is 0 Å². The predicted octanol–water partition coefficient (Wildman–Crippen LogP) is 3.44. The van der Waals surface area contributed by atoms with E-state index in [-0.39, 0.29) is 29.5 Å². The van der Waals surface area contributed by atoms with Gasteiger partial charge in [0.15, 0.2) is 0 Å². The Balaban J connectivity index is 1.82. The Morgan fingerprint density at radius 1 is 1.20 bits per heavy atom. The maximum Gasteiger partial charge on any atom is 0.295 e. The number of amides is 1. The van der Waals surface area contributed by atoms with E-state index >= 15 is 0 Å². The zero-order valence-electron chi connectivity index (χ0n) is 16.5. The molecule has 2 aliphatic rings. The molecule has 0 spiro atoms. The van der Waals surface area contributed by atoms with Gasteiger partial charge in [-0.15, -0.1) is 0 Å². The number of carbonyl (C=O) groups excluding carboxylic acids is 2. The Labute approximate surface area is 173 Å². The molecule has 2 fully saturated rings. The van der Waals surface area contributed by atoms with Crippen LogP contribution in [0.5, 0.6) is 5.75 Å². The second-order valence-corrected chi connectivity index (χ2v) is 7.34. The highest BCUT2D eigenvalue weighted by molar-refractivity contribution is 6.46. The molecule has 1 amide bonds. The van der Waals surface area contributed by atoms with Crippen LogP contribution in [0.25, 0.3) is 5.76 Å². The summed E-state index contributed by atoms with van der Waals surface area (Å²) in [6, 6.07) is 11.4. The van der Waals surface area contributed by atoms with Crippen molar-refractivity contribution in [3.8, 4) is 5.75 Å². The third kappa shape index (κ3) is 3.57. The smallest absolute Gasteiger partial charge is 0.295 e. The molecule has 0 aromatic heterocycles. The average molecular weight is 411 g/mol. The van der Waals surface area contributed by atoms with E-state index in [1.54, 1.807) is 30.3 Å². The molecule has 2 heterocycles. The van der Waals surface area contributed by atoms with Gasteiger partial charge in [-0.1, -0.05) is 18.2 Å². The van der Waals surface area contributed by atoms with Gasteiger partial charge in [0, 0.05) is 24.3 Å². The lowest BCUT2D eigenvalue weighted by atomic mass is 9.94. The maximum absolute atomic E-state index is 14.7. The highest BCUT2D eigenvalue weighted by atomic mass is 19.1. The Kier molecular flexibility index (Phi) is 5.55. The number of hydrogen-bond donors (Lipinski definition) is 1. The lowest BCUT2D eigenvalue weighted by molar-refractivity contribution is -0.140. The number of aliphatic hydroxyl groups excluding tert-OH is 1. The molecule has 2 aliphatic heterocycles. The molecule has 30 heavy (non-hydrogen) atoms. The number of rotatable bonds is 5. The Hall–Kier alpha value is -3.19. The van der Waals surface area contributed by atoms with E-state index < -0.39 is 23.5 Å². The minimum atomic E-state index is -1.03. The third-order valence-corrected chi connectivity index (χ3v) is 5.53. The minimum Gasteiger partial charge on any atom is -0.507 e. The Morgan fingerprint density at radius 2 is 1.93 bits per heavy atom. The summed E-state index contributed by atoms with van der Waals surface area (Å²) in [7, 11) is 1.52. The topological polar surface area (TPSA) is 76.1 Å². The van der Waals surface area contributed by atoms with Gasteiger partial charge in [-0.25, -0.2) is 4.39 Å². The molecule has 4 rings (SSSR count). The average Bonchev–Trinajstić information content (AvgIpc) is 3.36. The number of likely N-dealkylation sites (tertiary alicyclic amines) is 1. The first kappa shape index (κ1) is 20.1. The fourth-order valence-electron chi connectivity index (χ4n) is 4.00. The fraction of sp³-hybridized carbons (Fsp3) is 0.304. The summed E-state index contributed by atoms with van der Waals surface area (Å²) in [5, 5.41) is 11.0. The van der Waals surface area contributed by atoms with E-state index in [0.717, 1.165) is 12.8 Å². The lowest BCUT2D eigenvalue weighted by Crippen LogP contribution is -2.36. The van der Waals surface area contributed by atoms with Crippen LogP contribution in [-0.2, 0) is 14.3 Å². The molecule has 0 saturated carbocycles. The van der Waals surface area contributed by atoms with Crippen molar-refractivity contribution >= 4 is 17.4 Å². The Bertz CT molecular complexity index is 995. The largest absolute Gasteiger partial charge is 0.507 e. The van der Waals surface area contributed by atoms with Crippen molar-refractivity contribution < 1.29 is 28.6 Å². The molecular formula is C23H22FNO5. The van der Waals surface area contributed by atoms with Gasteiger partial charge >= 0.3 is 0 Å². The van der Waals surface area contributed by atoms with Gasteiger partial charge in [-0.2, -0.15) is 0 Å². The molecule has 2 aromatic rings. The van der Waals surface area contributed by atoms with Gasteiger partial charge in [0.25, 0.3) is 11.7 Å². The molecule has 7 heteroatoms. The number of methoxy groups -OCH3 is 1. The first-order valence-corrected chi connectivity index (χ1v) is 9.80. The summed E-state index contributed by atoms with van der Waals surface area (Å²) in [4.78, 5) is 27.1. The van der Waals surface area contributed by atoms with E-state index in [4.69, 9.17) is 9.47 Å². The quantitative estimate of drug-likeness (QED) is 0.463. The van der Waals surface area contributed by atoms with Crippen LogP contribution in [0.3, 0.4) is 0 Å². The van der Waals surface area contributed by atoms with Crippen molar-refractivity contribution in [2.45, 2.75) is 25.0 Å². The summed E-state index contributed by atoms with van der Waals surface area (Å²) in [6.07, 6.45) is 1.40. The first-order valence-electron chi connectivity index (χ1n) is 9.80. The summed E-state index contributed by atoms with van der Waals surface area (Å²) in [5.41, 5.74) is 0.366. The first-order chi connectivity index (χ1) is 14.5. The van der Waals surface area contributed by atoms with Gasteiger partial charge in [-0.05, 0) is 43.2 Å². The van der Waals surface area contributed by atoms with E-state index in [2.05, 4.69) is 0 Å². The molecule has 6 nitrogen and oxygen atoms in total. The van der Waals surface area contributed by atoms with Gasteiger partial charge < -0.3 is 19.5 Å². The van der Waals surface area contributed by atoms with Gasteiger partial charge in [-0.3, -0.25) is 9.59 Å². The predicted molar refractivity (Wildman–Crippen MR) is 107 cm³/mol. The number of aliphatic hydroxyl groups is 1. The van der Waals surface area contributed by atoms with Crippen LogP contribution in [0.2, 0.25) is 0 Å². The molecule has 2 atom stereocenters. The number of carbonyl (C=O) groups is 2. The summed E-state index contributed by atoms with van der Waals surface area (Å²) in [5.74, 6) is -1.93. The maximum atomic E-state index is 14.7. The molecule has 0 radical (unpaired) electrons. The van der Waals surface area contributed by atoms with Crippen LogP contribution in [0, 0.1) is 5.82 Å². The van der Waals surface area contributed by atoms with E-state index in [9.17, 15) is 19.1 Å². The molecule has 2 saturated heterocycles. The van der Waals surface area contributed by atoms with Crippen LogP contribution in [-0.4, -0.2) is 48.1 Å². The van der Waals surface area contributed by atoms with Crippen molar-refractivity contribution in [1.29, 1.82) is 0 Å². The Morgan fingerprint density at radius 3 is 2.57 bits per heavy atom. The van der Waals surface area contributed by atoms with E-state index in [1.807, 2.05) is 0 Å². The van der Waals surface area contributed by atoms with Crippen LogP contribution in [0.15, 0.2) is 54.1 Å². The molecule has 1 N–H and O–H groups in total. The van der Waals surface area contributed by atoms with Crippen molar-refractivity contribution in [2.75, 3.05) is 20.3 Å². The zero-order valence-corrected chi connectivity index (χ0v) is 16.5. The second-order valence-electron chi connectivity index (χ2n) is 7.34. The summed E-state index contributed by atoms with van der Waals surface area (Å²) in [6.45, 7) is 0.744. The number of ether oxygens (including phenoxy) is 2. The van der Waals surface area contributed by atoms with E-state index in [0.29, 0.717) is 17.9 Å². The van der Waals surface area contributed by atoms with Gasteiger partial charge in [0.1, 0.15) is 17.3 Å². The molecule has 2 aromatic carbocycles. The van der Waals surface area contributed by atoms with Crippen LogP contribution in [0.1, 0.15) is 30.0 Å². The van der Waals surface area contributed by atoms with Gasteiger partial charge in [0.2, 0.25) is 0 Å². The SMILES string of the molecule is COc1ccc(/C(O)=C2\C(=O)C(=O)N(C[C@H]3CCCO3)[C@@H]2c2ccccc2F)cc1. The van der Waals surface area contributed by atoms with E-state index in [1.165, 1.54) is 30.2 Å². The molecule has 0 bridgehead atoms. The fourth-order valence-corrected chi connectivity index (χ4v) is 4.00. The lowest BCUT2D eigenvalue weighted by Gasteiger charge is -2.27. The summed E-state index contributed by atoms with van der Waals surface area (Å²) < 4.78 is 25.5. The molecular weight excluding hydrogens is 389 g/mol. The zero-order chi connectivity index (χ0) is 21.3. The van der Waals surface area contributed by atoms with Crippen LogP contribution in [0.4, 0.5) is 4.39 Å². The summed E-state index contributed by atoms with van der Waals surface area (Å²) >= 11 is 0. The van der Waals surface area contributed by atoms with Crippen molar-refractivity contribution in [1.82, 2.24) is 4.90 Å². The molecule has 156 valence electrons. The van der Waals surface area contributed by atoms with Gasteiger partial charge in [0.05, 0.1) is 24.8 Å². The number of Topliss-reactive ketones (excluding diaryl/α,β-unsaturated/α-hetero) is 1. The standard InChI is InChI=1S/C23H22FNO5/c1-29-15-10-8-14(9-11-15)21(26)19-20(17-6-2-3-7-18(17)24)25(23(28)22(19)27)13-16-5-4-12-30-16/h2-3,6-11,16,20,26H,4-5,12-13H2,1H3/b21-19+/t16-,20-/m1/s1. The highest BCUT2D eigenvalue weighted by Gasteiger charge is 2.47.